The minimum atomic E-state index is -4.42. The maximum Gasteiger partial charge on any atom is 0.416 e. The van der Waals surface area contributed by atoms with Crippen LogP contribution >= 0.6 is 11.9 Å². The lowest BCUT2D eigenvalue weighted by Gasteiger charge is -2.43. The van der Waals surface area contributed by atoms with Crippen LogP contribution in [0.1, 0.15) is 24.5 Å². The fourth-order valence-electron chi connectivity index (χ4n) is 3.09. The molecule has 0 amide bonds. The zero-order valence-electron chi connectivity index (χ0n) is 14.2. The van der Waals surface area contributed by atoms with Crippen molar-refractivity contribution in [3.63, 3.8) is 0 Å². The molecule has 2 heterocycles. The molecule has 4 nitrogen and oxygen atoms in total. The van der Waals surface area contributed by atoms with Crippen molar-refractivity contribution in [3.8, 4) is 0 Å². The Hall–Kier alpha value is -1.93. The summed E-state index contributed by atoms with van der Waals surface area (Å²) in [5, 5.41) is 10.3. The largest absolute Gasteiger partial charge is 0.480 e. The van der Waals surface area contributed by atoms with Crippen molar-refractivity contribution < 1.29 is 23.1 Å². The van der Waals surface area contributed by atoms with Gasteiger partial charge in [-0.15, -0.1) is 0 Å². The minimum Gasteiger partial charge on any atom is -0.480 e. The van der Waals surface area contributed by atoms with Gasteiger partial charge in [-0.1, -0.05) is 31.2 Å². The number of nitrogens with zero attached hydrogens (tertiary/aromatic N) is 2. The molecular weight excluding hydrogens is 365 g/mol. The van der Waals surface area contributed by atoms with Crippen molar-refractivity contribution in [2.24, 2.45) is 0 Å². The van der Waals surface area contributed by atoms with Crippen LogP contribution < -0.4 is 0 Å². The fourth-order valence-corrected chi connectivity index (χ4v) is 4.42. The van der Waals surface area contributed by atoms with E-state index >= 15 is 0 Å². The average molecular weight is 384 g/mol. The van der Waals surface area contributed by atoms with Crippen LogP contribution in [0.2, 0.25) is 0 Å². The van der Waals surface area contributed by atoms with E-state index in [2.05, 4.69) is 0 Å². The Morgan fingerprint density at radius 1 is 1.38 bits per heavy atom. The molecular formula is C18H19F3N2O2S. The van der Waals surface area contributed by atoms with Crippen molar-refractivity contribution in [2.75, 3.05) is 19.6 Å². The smallest absolute Gasteiger partial charge is 0.416 e. The quantitative estimate of drug-likeness (QED) is 0.793. The highest BCUT2D eigenvalue weighted by Crippen LogP contribution is 2.41. The molecule has 0 aromatic heterocycles. The lowest BCUT2D eigenvalue weighted by molar-refractivity contribution is -0.142. The van der Waals surface area contributed by atoms with Crippen molar-refractivity contribution in [2.45, 2.75) is 25.6 Å². The Kier molecular flexibility index (Phi) is 5.34. The summed E-state index contributed by atoms with van der Waals surface area (Å²) in [6, 6.07) is 4.44. The second-order valence-electron chi connectivity index (χ2n) is 6.19. The third-order valence-electron chi connectivity index (χ3n) is 4.31. The molecule has 0 spiro atoms. The van der Waals surface area contributed by atoms with Crippen molar-refractivity contribution >= 4 is 23.5 Å². The fraction of sp³-hybridized carbons (Fsp3) is 0.389. The van der Waals surface area contributed by atoms with Gasteiger partial charge in [0.15, 0.2) is 0 Å². The van der Waals surface area contributed by atoms with Crippen LogP contribution in [0.5, 0.6) is 0 Å². The van der Waals surface area contributed by atoms with Crippen LogP contribution in [0.25, 0.3) is 5.57 Å². The maximum absolute atomic E-state index is 13.1. The molecule has 140 valence electrons. The molecule has 1 aromatic rings. The van der Waals surface area contributed by atoms with Gasteiger partial charge in [0.25, 0.3) is 0 Å². The molecule has 1 saturated heterocycles. The third-order valence-corrected chi connectivity index (χ3v) is 5.52. The van der Waals surface area contributed by atoms with E-state index in [4.69, 9.17) is 0 Å². The zero-order valence-corrected chi connectivity index (χ0v) is 15.0. The summed E-state index contributed by atoms with van der Waals surface area (Å²) in [5.41, 5.74) is 0.347. The van der Waals surface area contributed by atoms with Gasteiger partial charge in [-0.2, -0.15) is 13.2 Å². The summed E-state index contributed by atoms with van der Waals surface area (Å²) in [4.78, 5) is 13.5. The number of alkyl halides is 3. The summed E-state index contributed by atoms with van der Waals surface area (Å²) >= 11 is 1.42. The summed E-state index contributed by atoms with van der Waals surface area (Å²) in [6.07, 6.45) is 0.0198. The number of fused-ring (bicyclic) bond motifs is 1. The van der Waals surface area contributed by atoms with Crippen LogP contribution in [-0.2, 0) is 11.0 Å². The lowest BCUT2D eigenvalue weighted by atomic mass is 10.0. The topological polar surface area (TPSA) is 43.8 Å². The van der Waals surface area contributed by atoms with Crippen LogP contribution in [0.3, 0.4) is 0 Å². The number of carbonyl (C=O) groups is 1. The molecule has 1 atom stereocenters. The monoisotopic (exact) mass is 384 g/mol. The van der Waals surface area contributed by atoms with Gasteiger partial charge < -0.3 is 10.0 Å². The first kappa shape index (κ1) is 18.8. The van der Waals surface area contributed by atoms with Gasteiger partial charge in [-0.05, 0) is 36.1 Å². The second-order valence-corrected chi connectivity index (χ2v) is 7.27. The molecule has 0 aliphatic carbocycles. The van der Waals surface area contributed by atoms with Crippen molar-refractivity contribution in [3.05, 3.63) is 52.6 Å². The van der Waals surface area contributed by atoms with E-state index in [0.717, 1.165) is 18.6 Å². The molecule has 2 aliphatic heterocycles. The molecule has 1 unspecified atom stereocenters. The van der Waals surface area contributed by atoms with Gasteiger partial charge in [0, 0.05) is 25.2 Å². The van der Waals surface area contributed by atoms with E-state index in [9.17, 15) is 23.1 Å². The summed E-state index contributed by atoms with van der Waals surface area (Å²) in [7, 11) is 0. The van der Waals surface area contributed by atoms with Crippen molar-refractivity contribution in [1.29, 1.82) is 0 Å². The van der Waals surface area contributed by atoms with E-state index < -0.39 is 23.8 Å². The Labute approximate surface area is 154 Å². The molecule has 3 rings (SSSR count). The minimum absolute atomic E-state index is 0.376. The first-order valence-corrected chi connectivity index (χ1v) is 9.09. The van der Waals surface area contributed by atoms with Gasteiger partial charge in [0.2, 0.25) is 0 Å². The highest BCUT2D eigenvalue weighted by atomic mass is 32.2. The first-order chi connectivity index (χ1) is 12.3. The van der Waals surface area contributed by atoms with Gasteiger partial charge >= 0.3 is 12.1 Å². The second kappa shape index (κ2) is 7.36. The van der Waals surface area contributed by atoms with E-state index in [0.29, 0.717) is 35.8 Å². The van der Waals surface area contributed by atoms with Crippen LogP contribution in [0.4, 0.5) is 13.2 Å². The molecule has 0 radical (unpaired) electrons. The van der Waals surface area contributed by atoms with Gasteiger partial charge in [0.05, 0.1) is 10.6 Å². The normalized spacial score (nSPS) is 21.1. The third kappa shape index (κ3) is 3.76. The van der Waals surface area contributed by atoms with Gasteiger partial charge in [-0.25, -0.2) is 9.10 Å². The van der Waals surface area contributed by atoms with E-state index in [1.807, 2.05) is 11.2 Å². The summed E-state index contributed by atoms with van der Waals surface area (Å²) in [6.45, 7) is 3.53. The predicted octanol–water partition coefficient (Wildman–Crippen LogP) is 4.07. The van der Waals surface area contributed by atoms with Gasteiger partial charge in [0.1, 0.15) is 6.04 Å². The predicted molar refractivity (Wildman–Crippen MR) is 95.1 cm³/mol. The Bertz CT molecular complexity index is 761. The summed E-state index contributed by atoms with van der Waals surface area (Å²) in [5.74, 6) is -0.928. The summed E-state index contributed by atoms with van der Waals surface area (Å²) < 4.78 is 41.2. The molecule has 0 bridgehead atoms. The first-order valence-electron chi connectivity index (χ1n) is 8.32. The van der Waals surface area contributed by atoms with Crippen molar-refractivity contribution in [1.82, 2.24) is 9.21 Å². The highest BCUT2D eigenvalue weighted by molar-refractivity contribution is 8.01. The number of allylic oxidation sites excluding steroid dienone is 2. The van der Waals surface area contributed by atoms with E-state index in [-0.39, 0.29) is 0 Å². The lowest BCUT2D eigenvalue weighted by Crippen LogP contribution is -2.51. The standard InChI is InChI=1S/C18H19F3N2O2S/c1-2-8-22-11-15(17(24)25)23-9-4-7-14(16(23)26-22)12-5-3-6-13(10-12)18(19,20)21/h3-7,10,15H,2,8-9,11H2,1H3,(H,24,25). The molecule has 8 heteroatoms. The molecule has 1 aromatic carbocycles. The van der Waals surface area contributed by atoms with E-state index in [1.165, 1.54) is 18.0 Å². The molecule has 26 heavy (non-hydrogen) atoms. The zero-order chi connectivity index (χ0) is 18.9. The Morgan fingerprint density at radius 3 is 2.81 bits per heavy atom. The number of carboxylic acid groups (broad SMARTS) is 1. The Balaban J connectivity index is 2.06. The van der Waals surface area contributed by atoms with Crippen LogP contribution in [0, 0.1) is 0 Å². The highest BCUT2D eigenvalue weighted by Gasteiger charge is 2.37. The molecule has 0 saturated carbocycles. The maximum atomic E-state index is 13.1. The Morgan fingerprint density at radius 2 is 2.15 bits per heavy atom. The number of carboxylic acids is 1. The SMILES string of the molecule is CCCN1CC(C(=O)O)N2CC=CC(c3cccc(C(F)(F)F)c3)=C2S1. The number of hydrogen-bond donors (Lipinski definition) is 1. The van der Waals surface area contributed by atoms with Gasteiger partial charge in [-0.3, -0.25) is 0 Å². The van der Waals surface area contributed by atoms with E-state index in [1.54, 1.807) is 23.1 Å². The van der Waals surface area contributed by atoms with Crippen LogP contribution in [-0.4, -0.2) is 46.0 Å². The number of halogens is 3. The number of aliphatic carboxylic acids is 1. The molecule has 1 N–H and O–H groups in total. The number of benzene rings is 1. The number of rotatable bonds is 4. The average Bonchev–Trinajstić information content (AvgIpc) is 2.60. The molecule has 2 aliphatic rings. The number of hydrogen-bond acceptors (Lipinski definition) is 4. The van der Waals surface area contributed by atoms with Crippen LogP contribution in [0.15, 0.2) is 41.4 Å². The molecule has 1 fully saturated rings.